The minimum absolute atomic E-state index is 0. The number of carbonyl (C=O) groups excluding carboxylic acids is 1. The third-order valence-corrected chi connectivity index (χ3v) is 3.97. The summed E-state index contributed by atoms with van der Waals surface area (Å²) in [6.07, 6.45) is 0. The van der Waals surface area contributed by atoms with Crippen molar-refractivity contribution in [1.29, 1.82) is 0 Å². The van der Waals surface area contributed by atoms with E-state index in [0.29, 0.717) is 19.1 Å². The highest BCUT2D eigenvalue weighted by Gasteiger charge is 2.21. The molecule has 136 valence electrons. The fraction of sp³-hybridized carbons (Fsp3) is 0.562. The number of likely N-dealkylation sites (N-methyl/N-ethyl adjacent to an activating group) is 1. The van der Waals surface area contributed by atoms with Crippen LogP contribution >= 0.6 is 12.4 Å². The first-order valence-electron chi connectivity index (χ1n) is 7.68. The third-order valence-electron chi connectivity index (χ3n) is 3.97. The van der Waals surface area contributed by atoms with Crippen LogP contribution in [0.2, 0.25) is 0 Å². The summed E-state index contributed by atoms with van der Waals surface area (Å²) in [6.45, 7) is 2.75. The molecule has 1 aliphatic rings. The first kappa shape index (κ1) is 20.6. The predicted molar refractivity (Wildman–Crippen MR) is 90.7 cm³/mol. The second-order valence-corrected chi connectivity index (χ2v) is 5.80. The average molecular weight is 364 g/mol. The Morgan fingerprint density at radius 1 is 1.42 bits per heavy atom. The molecular formula is C16H24ClF2N3O2. The van der Waals surface area contributed by atoms with Gasteiger partial charge in [-0.2, -0.15) is 8.78 Å². The summed E-state index contributed by atoms with van der Waals surface area (Å²) in [6, 6.07) is 6.69. The largest absolute Gasteiger partial charge is 0.435 e. The minimum Gasteiger partial charge on any atom is -0.435 e. The molecule has 1 aromatic rings. The number of alkyl halides is 2. The van der Waals surface area contributed by atoms with Crippen molar-refractivity contribution in [2.45, 2.75) is 26.1 Å². The van der Waals surface area contributed by atoms with Crippen LogP contribution in [0.25, 0.3) is 0 Å². The quantitative estimate of drug-likeness (QED) is 0.839. The van der Waals surface area contributed by atoms with Crippen LogP contribution in [-0.4, -0.2) is 61.6 Å². The van der Waals surface area contributed by atoms with E-state index in [1.54, 1.807) is 24.1 Å². The molecule has 1 N–H and O–H groups in total. The molecule has 0 radical (unpaired) electrons. The Bertz CT molecular complexity index is 517. The molecule has 0 unspecified atom stereocenters. The number of hydrogen-bond acceptors (Lipinski definition) is 4. The highest BCUT2D eigenvalue weighted by atomic mass is 35.5. The summed E-state index contributed by atoms with van der Waals surface area (Å²) >= 11 is 0. The molecule has 1 heterocycles. The van der Waals surface area contributed by atoms with Gasteiger partial charge < -0.3 is 15.0 Å². The number of carbonyl (C=O) groups is 1. The predicted octanol–water partition coefficient (Wildman–Crippen LogP) is 1.96. The van der Waals surface area contributed by atoms with Crippen molar-refractivity contribution < 1.29 is 18.3 Å². The monoisotopic (exact) mass is 363 g/mol. The normalized spacial score (nSPS) is 18.1. The van der Waals surface area contributed by atoms with Crippen molar-refractivity contribution in [2.24, 2.45) is 0 Å². The Morgan fingerprint density at radius 3 is 2.67 bits per heavy atom. The third kappa shape index (κ3) is 6.22. The topological polar surface area (TPSA) is 44.8 Å². The van der Waals surface area contributed by atoms with E-state index in [9.17, 15) is 13.6 Å². The Morgan fingerprint density at radius 2 is 2.08 bits per heavy atom. The van der Waals surface area contributed by atoms with E-state index in [-0.39, 0.29) is 24.1 Å². The molecular weight excluding hydrogens is 340 g/mol. The summed E-state index contributed by atoms with van der Waals surface area (Å²) in [7, 11) is 1.75. The van der Waals surface area contributed by atoms with E-state index >= 15 is 0 Å². The molecule has 0 bridgehead atoms. The lowest BCUT2D eigenvalue weighted by Crippen LogP contribution is -2.52. The van der Waals surface area contributed by atoms with Crippen LogP contribution in [0, 0.1) is 0 Å². The maximum Gasteiger partial charge on any atom is 0.387 e. The maximum atomic E-state index is 12.3. The SMILES string of the molecule is C[C@H]1CNCCN1CC(=O)N(C)Cc1ccc(OC(F)F)cc1.Cl. The maximum absolute atomic E-state index is 12.3. The zero-order chi connectivity index (χ0) is 16.8. The molecule has 1 aromatic carbocycles. The molecule has 1 atom stereocenters. The first-order chi connectivity index (χ1) is 11.0. The van der Waals surface area contributed by atoms with Gasteiger partial charge in [0.05, 0.1) is 6.54 Å². The van der Waals surface area contributed by atoms with E-state index < -0.39 is 6.61 Å². The van der Waals surface area contributed by atoms with Crippen molar-refractivity contribution in [2.75, 3.05) is 33.2 Å². The summed E-state index contributed by atoms with van der Waals surface area (Å²) in [5.74, 6) is 0.166. The van der Waals surface area contributed by atoms with E-state index in [1.807, 2.05) is 0 Å². The van der Waals surface area contributed by atoms with Crippen molar-refractivity contribution in [3.8, 4) is 5.75 Å². The van der Waals surface area contributed by atoms with Gasteiger partial charge in [-0.3, -0.25) is 9.69 Å². The lowest BCUT2D eigenvalue weighted by Gasteiger charge is -2.34. The molecule has 5 nitrogen and oxygen atoms in total. The summed E-state index contributed by atoms with van der Waals surface area (Å²) in [4.78, 5) is 16.1. The van der Waals surface area contributed by atoms with Crippen LogP contribution in [-0.2, 0) is 11.3 Å². The number of ether oxygens (including phenoxy) is 1. The van der Waals surface area contributed by atoms with Gasteiger partial charge in [-0.1, -0.05) is 12.1 Å². The number of nitrogens with zero attached hydrogens (tertiary/aromatic N) is 2. The van der Waals surface area contributed by atoms with Crippen molar-refractivity contribution >= 4 is 18.3 Å². The lowest BCUT2D eigenvalue weighted by molar-refractivity contribution is -0.132. The van der Waals surface area contributed by atoms with E-state index in [4.69, 9.17) is 0 Å². The Balaban J connectivity index is 0.00000288. The van der Waals surface area contributed by atoms with Gasteiger partial charge in [0.1, 0.15) is 5.75 Å². The van der Waals surface area contributed by atoms with Gasteiger partial charge >= 0.3 is 6.61 Å². The van der Waals surface area contributed by atoms with Gasteiger partial charge in [-0.05, 0) is 24.6 Å². The molecule has 8 heteroatoms. The number of amides is 1. The number of benzene rings is 1. The average Bonchev–Trinajstić information content (AvgIpc) is 2.51. The molecule has 0 spiro atoms. The minimum atomic E-state index is -2.83. The van der Waals surface area contributed by atoms with Crippen molar-refractivity contribution in [3.63, 3.8) is 0 Å². The summed E-state index contributed by atoms with van der Waals surface area (Å²) in [5.41, 5.74) is 0.871. The standard InChI is InChI=1S/C16H23F2N3O2.ClH/c1-12-9-19-7-8-21(12)11-15(22)20(2)10-13-3-5-14(6-4-13)23-16(17)18;/h3-6,12,16,19H,7-11H2,1-2H3;1H/t12-;/m0./s1. The zero-order valence-corrected chi connectivity index (χ0v) is 14.7. The van der Waals surface area contributed by atoms with Gasteiger partial charge in [0.2, 0.25) is 5.91 Å². The number of halogens is 3. The molecule has 1 amide bonds. The van der Waals surface area contributed by atoms with Crippen LogP contribution in [0.1, 0.15) is 12.5 Å². The van der Waals surface area contributed by atoms with Gasteiger partial charge in [0.15, 0.2) is 0 Å². The molecule has 2 rings (SSSR count). The first-order valence-corrected chi connectivity index (χ1v) is 7.68. The lowest BCUT2D eigenvalue weighted by atomic mass is 10.2. The van der Waals surface area contributed by atoms with E-state index in [0.717, 1.165) is 25.2 Å². The second kappa shape index (κ2) is 9.76. The fourth-order valence-electron chi connectivity index (χ4n) is 2.55. The van der Waals surface area contributed by atoms with Gasteiger partial charge in [0.25, 0.3) is 0 Å². The van der Waals surface area contributed by atoms with Crippen LogP contribution in [0.3, 0.4) is 0 Å². The van der Waals surface area contributed by atoms with Gasteiger partial charge in [-0.15, -0.1) is 12.4 Å². The molecule has 0 saturated carbocycles. The highest BCUT2D eigenvalue weighted by molar-refractivity contribution is 5.85. The summed E-state index contributed by atoms with van der Waals surface area (Å²) < 4.78 is 28.5. The number of hydrogen-bond donors (Lipinski definition) is 1. The smallest absolute Gasteiger partial charge is 0.387 e. The second-order valence-electron chi connectivity index (χ2n) is 5.80. The van der Waals surface area contributed by atoms with Crippen LogP contribution in [0.5, 0.6) is 5.75 Å². The number of rotatable bonds is 6. The number of nitrogens with one attached hydrogen (secondary N) is 1. The molecule has 0 aromatic heterocycles. The fourth-order valence-corrected chi connectivity index (χ4v) is 2.55. The molecule has 0 aliphatic carbocycles. The van der Waals surface area contributed by atoms with E-state index in [2.05, 4.69) is 21.9 Å². The molecule has 1 fully saturated rings. The van der Waals surface area contributed by atoms with Gasteiger partial charge in [-0.25, -0.2) is 0 Å². The summed E-state index contributed by atoms with van der Waals surface area (Å²) in [5, 5.41) is 3.29. The Kier molecular flexibility index (Phi) is 8.38. The Hall–Kier alpha value is -1.44. The van der Waals surface area contributed by atoms with Crippen LogP contribution in [0.15, 0.2) is 24.3 Å². The molecule has 1 saturated heterocycles. The Labute approximate surface area is 147 Å². The van der Waals surface area contributed by atoms with Crippen LogP contribution in [0.4, 0.5) is 8.78 Å². The van der Waals surface area contributed by atoms with Crippen molar-refractivity contribution in [1.82, 2.24) is 15.1 Å². The number of piperazine rings is 1. The molecule has 1 aliphatic heterocycles. The van der Waals surface area contributed by atoms with Gasteiger partial charge in [0, 0.05) is 39.3 Å². The highest BCUT2D eigenvalue weighted by Crippen LogP contribution is 2.16. The van der Waals surface area contributed by atoms with E-state index in [1.165, 1.54) is 12.1 Å². The van der Waals surface area contributed by atoms with Crippen LogP contribution < -0.4 is 10.1 Å². The zero-order valence-electron chi connectivity index (χ0n) is 13.9. The van der Waals surface area contributed by atoms with Crippen molar-refractivity contribution in [3.05, 3.63) is 29.8 Å². The molecule has 24 heavy (non-hydrogen) atoms.